The average molecular weight is 373 g/mol. The minimum Gasteiger partial charge on any atom is -0.507 e. The molecule has 0 fully saturated rings. The molecule has 3 rings (SSSR count). The average Bonchev–Trinajstić information content (AvgIpc) is 2.63. The van der Waals surface area contributed by atoms with Gasteiger partial charge in [-0.25, -0.2) is 0 Å². The van der Waals surface area contributed by atoms with Crippen LogP contribution in [0.25, 0.3) is 11.6 Å². The zero-order valence-corrected chi connectivity index (χ0v) is 17.0. The lowest BCUT2D eigenvalue weighted by molar-refractivity contribution is 0.433. The van der Waals surface area contributed by atoms with Gasteiger partial charge in [-0.1, -0.05) is 79.6 Å². The van der Waals surface area contributed by atoms with Gasteiger partial charge >= 0.3 is 0 Å². The number of hydrogen-bond acceptors (Lipinski definition) is 2. The summed E-state index contributed by atoms with van der Waals surface area (Å²) in [6.45, 7) is 8.07. The minimum absolute atomic E-state index is 0.0516. The molecule has 0 spiro atoms. The second kappa shape index (κ2) is 8.35. The van der Waals surface area contributed by atoms with E-state index in [1.165, 1.54) is 16.7 Å². The predicted molar refractivity (Wildman–Crippen MR) is 118 cm³/mol. The van der Waals surface area contributed by atoms with E-state index in [9.17, 15) is 10.2 Å². The molecule has 0 aliphatic rings. The maximum atomic E-state index is 10.5. The molecule has 0 amide bonds. The van der Waals surface area contributed by atoms with Crippen LogP contribution < -0.4 is 0 Å². The fourth-order valence-corrected chi connectivity index (χ4v) is 3.43. The highest BCUT2D eigenvalue weighted by atomic mass is 16.3. The largest absolute Gasteiger partial charge is 0.507 e. The maximum absolute atomic E-state index is 10.5. The number of allylic oxidation sites excluding steroid dienone is 1. The van der Waals surface area contributed by atoms with Gasteiger partial charge in [0.25, 0.3) is 0 Å². The molecular weight excluding hydrogens is 344 g/mol. The third-order valence-electron chi connectivity index (χ3n) is 5.02. The lowest BCUT2D eigenvalue weighted by Crippen LogP contribution is -1.95. The highest BCUT2D eigenvalue weighted by Gasteiger charge is 2.15. The first-order valence-corrected chi connectivity index (χ1v) is 9.72. The van der Waals surface area contributed by atoms with Crippen LogP contribution in [-0.2, 0) is 6.42 Å². The number of hydrogen-bond donors (Lipinski definition) is 2. The lowest BCUT2D eigenvalue weighted by atomic mass is 9.92. The number of phenolic OH excluding ortho intramolecular Hbond substituents is 2. The van der Waals surface area contributed by atoms with Crippen molar-refractivity contribution in [2.24, 2.45) is 0 Å². The number of rotatable bonds is 5. The molecule has 0 radical (unpaired) electrons. The van der Waals surface area contributed by atoms with Crippen LogP contribution in [-0.4, -0.2) is 10.2 Å². The van der Waals surface area contributed by atoms with Crippen LogP contribution in [0.3, 0.4) is 0 Å². The quantitative estimate of drug-likeness (QED) is 0.494. The highest BCUT2D eigenvalue weighted by Crippen LogP contribution is 2.38. The first kappa shape index (κ1) is 19.8. The Kier molecular flexibility index (Phi) is 5.89. The standard InChI is InChI=1S/C26H28O2/c1-17(2)26-24(27)15-23(16-25(26)28)22(13-20-9-5-18(3)6-10-20)14-21-11-7-19(4)8-12-21/h5-13,15-17,27-28H,14H2,1-4H3/b22-13+. The minimum atomic E-state index is 0.0516. The summed E-state index contributed by atoms with van der Waals surface area (Å²) in [4.78, 5) is 0. The van der Waals surface area contributed by atoms with Crippen molar-refractivity contribution in [3.8, 4) is 11.5 Å². The molecule has 0 aromatic heterocycles. The van der Waals surface area contributed by atoms with Gasteiger partial charge in [0.1, 0.15) is 11.5 Å². The molecule has 3 aromatic rings. The van der Waals surface area contributed by atoms with Crippen LogP contribution in [0.2, 0.25) is 0 Å². The van der Waals surface area contributed by atoms with Crippen LogP contribution in [0.4, 0.5) is 0 Å². The Morgan fingerprint density at radius 2 is 1.32 bits per heavy atom. The molecule has 0 unspecified atom stereocenters. The van der Waals surface area contributed by atoms with Crippen LogP contribution >= 0.6 is 0 Å². The second-order valence-corrected chi connectivity index (χ2v) is 7.83. The molecule has 2 nitrogen and oxygen atoms in total. The summed E-state index contributed by atoms with van der Waals surface area (Å²) in [5.74, 6) is 0.336. The van der Waals surface area contributed by atoms with Crippen molar-refractivity contribution in [2.75, 3.05) is 0 Å². The molecule has 0 atom stereocenters. The molecule has 0 aliphatic carbocycles. The predicted octanol–water partition coefficient (Wildman–Crippen LogP) is 6.62. The smallest absolute Gasteiger partial charge is 0.123 e. The Morgan fingerprint density at radius 3 is 1.82 bits per heavy atom. The monoisotopic (exact) mass is 372 g/mol. The molecule has 0 saturated heterocycles. The van der Waals surface area contributed by atoms with Gasteiger partial charge < -0.3 is 10.2 Å². The van der Waals surface area contributed by atoms with Crippen molar-refractivity contribution < 1.29 is 10.2 Å². The summed E-state index contributed by atoms with van der Waals surface area (Å²) in [5.41, 5.74) is 7.21. The van der Waals surface area contributed by atoms with Crippen LogP contribution in [0.5, 0.6) is 11.5 Å². The fourth-order valence-electron chi connectivity index (χ4n) is 3.43. The topological polar surface area (TPSA) is 40.5 Å². The zero-order chi connectivity index (χ0) is 20.3. The molecule has 28 heavy (non-hydrogen) atoms. The summed E-state index contributed by atoms with van der Waals surface area (Å²) in [5, 5.41) is 21.0. The summed E-state index contributed by atoms with van der Waals surface area (Å²) in [7, 11) is 0. The molecule has 0 aliphatic heterocycles. The van der Waals surface area contributed by atoms with E-state index in [0.717, 1.165) is 16.7 Å². The van der Waals surface area contributed by atoms with Crippen molar-refractivity contribution in [2.45, 2.75) is 40.0 Å². The Morgan fingerprint density at radius 1 is 0.821 bits per heavy atom. The Balaban J connectivity index is 2.07. The normalized spacial score (nSPS) is 11.8. The molecule has 2 N–H and O–H groups in total. The number of aromatic hydroxyl groups is 2. The molecular formula is C26H28O2. The summed E-state index contributed by atoms with van der Waals surface area (Å²) >= 11 is 0. The third-order valence-corrected chi connectivity index (χ3v) is 5.02. The maximum Gasteiger partial charge on any atom is 0.123 e. The van der Waals surface area contributed by atoms with Gasteiger partial charge in [0.2, 0.25) is 0 Å². The SMILES string of the molecule is Cc1ccc(/C=C(\Cc2ccc(C)cc2)c2cc(O)c(C(C)C)c(O)c2)cc1. The van der Waals surface area contributed by atoms with Gasteiger partial charge in [-0.2, -0.15) is 0 Å². The van der Waals surface area contributed by atoms with Crippen molar-refractivity contribution in [3.05, 3.63) is 94.0 Å². The first-order chi connectivity index (χ1) is 13.3. The molecule has 0 saturated carbocycles. The second-order valence-electron chi connectivity index (χ2n) is 7.83. The Bertz CT molecular complexity index is 955. The van der Waals surface area contributed by atoms with E-state index in [0.29, 0.717) is 12.0 Å². The Hall–Kier alpha value is -3.00. The summed E-state index contributed by atoms with van der Waals surface area (Å²) in [6.07, 6.45) is 2.84. The van der Waals surface area contributed by atoms with Gasteiger partial charge in [-0.05, 0) is 60.6 Å². The summed E-state index contributed by atoms with van der Waals surface area (Å²) < 4.78 is 0. The van der Waals surface area contributed by atoms with E-state index in [4.69, 9.17) is 0 Å². The molecule has 0 heterocycles. The number of benzene rings is 3. The fraction of sp³-hybridized carbons (Fsp3) is 0.231. The van der Waals surface area contributed by atoms with E-state index in [1.54, 1.807) is 12.1 Å². The van der Waals surface area contributed by atoms with Crippen LogP contribution in [0.15, 0.2) is 60.7 Å². The number of phenols is 2. The van der Waals surface area contributed by atoms with Crippen molar-refractivity contribution in [3.63, 3.8) is 0 Å². The third kappa shape index (κ3) is 4.64. The molecule has 3 aromatic carbocycles. The molecule has 0 bridgehead atoms. The van der Waals surface area contributed by atoms with Crippen molar-refractivity contribution in [1.29, 1.82) is 0 Å². The van der Waals surface area contributed by atoms with E-state index < -0.39 is 0 Å². The molecule has 144 valence electrons. The molecule has 2 heteroatoms. The van der Waals surface area contributed by atoms with E-state index in [2.05, 4.69) is 68.5 Å². The first-order valence-electron chi connectivity index (χ1n) is 9.72. The lowest BCUT2D eigenvalue weighted by Gasteiger charge is -2.15. The summed E-state index contributed by atoms with van der Waals surface area (Å²) in [6, 6.07) is 20.4. The van der Waals surface area contributed by atoms with Gasteiger partial charge in [-0.3, -0.25) is 0 Å². The highest BCUT2D eigenvalue weighted by molar-refractivity contribution is 5.84. The van der Waals surface area contributed by atoms with Crippen LogP contribution in [0, 0.1) is 13.8 Å². The van der Waals surface area contributed by atoms with E-state index in [1.807, 2.05) is 13.8 Å². The van der Waals surface area contributed by atoms with Crippen molar-refractivity contribution >= 4 is 11.6 Å². The van der Waals surface area contributed by atoms with Gasteiger partial charge in [0.15, 0.2) is 0 Å². The number of aryl methyl sites for hydroxylation is 2. The van der Waals surface area contributed by atoms with E-state index >= 15 is 0 Å². The zero-order valence-electron chi connectivity index (χ0n) is 17.0. The van der Waals surface area contributed by atoms with Gasteiger partial charge in [-0.15, -0.1) is 0 Å². The van der Waals surface area contributed by atoms with Crippen LogP contribution in [0.1, 0.15) is 53.1 Å². The van der Waals surface area contributed by atoms with Crippen molar-refractivity contribution in [1.82, 2.24) is 0 Å². The Labute approximate surface area is 167 Å². The van der Waals surface area contributed by atoms with Gasteiger partial charge in [0, 0.05) is 5.56 Å². The van der Waals surface area contributed by atoms with Gasteiger partial charge in [0.05, 0.1) is 0 Å². The van der Waals surface area contributed by atoms with E-state index in [-0.39, 0.29) is 17.4 Å².